The van der Waals surface area contributed by atoms with Gasteiger partial charge in [-0.3, -0.25) is 48.3 Å². The molecule has 24 nitrogen and oxygen atoms in total. The lowest BCUT2D eigenvalue weighted by atomic mass is 9.94. The van der Waals surface area contributed by atoms with Gasteiger partial charge in [0.1, 0.15) is 36.3 Å². The fraction of sp³-hybridized carbons (Fsp3) is 0.909. The van der Waals surface area contributed by atoms with Crippen molar-refractivity contribution in [2.75, 3.05) is 65.5 Å². The van der Waals surface area contributed by atoms with Gasteiger partial charge in [0.05, 0.1) is 43.2 Å². The molecular formula is C77H149N9O15. The molecular weight excluding hydrogens is 1290 g/mol. The van der Waals surface area contributed by atoms with Crippen LogP contribution in [0, 0.1) is 5.92 Å². The zero-order chi connectivity index (χ0) is 75.2. The van der Waals surface area contributed by atoms with Crippen molar-refractivity contribution in [1.82, 2.24) is 46.6 Å². The zero-order valence-electron chi connectivity index (χ0n) is 64.4. The predicted molar refractivity (Wildman–Crippen MR) is 401 cm³/mol. The van der Waals surface area contributed by atoms with Gasteiger partial charge in [0.15, 0.2) is 0 Å². The lowest BCUT2D eigenvalue weighted by molar-refractivity contribution is -0.140. The fourth-order valence-electron chi connectivity index (χ4n) is 13.5. The molecule has 3 heterocycles. The fourth-order valence-corrected chi connectivity index (χ4v) is 13.5. The van der Waals surface area contributed by atoms with Crippen molar-refractivity contribution in [2.45, 2.75) is 379 Å². The second kappa shape index (κ2) is 60.1. The van der Waals surface area contributed by atoms with E-state index >= 15 is 0 Å². The normalized spacial score (nSPS) is 20.7. The first-order valence-electron chi connectivity index (χ1n) is 40.3. The van der Waals surface area contributed by atoms with E-state index in [1.807, 2.05) is 13.8 Å². The third-order valence-electron chi connectivity index (χ3n) is 19.6. The van der Waals surface area contributed by atoms with Crippen molar-refractivity contribution in [3.8, 4) is 0 Å². The van der Waals surface area contributed by atoms with Crippen LogP contribution in [-0.2, 0) is 33.6 Å². The number of hydrogen-bond acceptors (Lipinski definition) is 17. The number of carboxylic acids is 1. The number of aliphatic carboxylic acids is 1. The van der Waals surface area contributed by atoms with E-state index in [2.05, 4.69) is 67.4 Å². The number of rotatable bonds is 60. The van der Waals surface area contributed by atoms with Crippen molar-refractivity contribution < 1.29 is 74.4 Å². The molecule has 3 aliphatic rings. The van der Waals surface area contributed by atoms with Crippen LogP contribution in [0.4, 0.5) is 0 Å². The molecule has 101 heavy (non-hydrogen) atoms. The number of aliphatic hydroxyl groups is 7. The third kappa shape index (κ3) is 48.6. The molecule has 14 N–H and O–H groups in total. The van der Waals surface area contributed by atoms with E-state index in [1.54, 1.807) is 20.8 Å². The number of amides is 6. The molecule has 3 aliphatic heterocycles. The summed E-state index contributed by atoms with van der Waals surface area (Å²) in [7, 11) is 0. The number of unbranched alkanes of at least 4 members (excludes halogenated alkanes) is 24. The minimum absolute atomic E-state index is 0.0786. The summed E-state index contributed by atoms with van der Waals surface area (Å²) in [6, 6.07) is -3.73. The van der Waals surface area contributed by atoms with Crippen LogP contribution < -0.4 is 31.9 Å². The molecule has 0 radical (unpaired) electrons. The van der Waals surface area contributed by atoms with Gasteiger partial charge in [-0.1, -0.05) is 195 Å². The molecule has 0 aromatic rings. The maximum atomic E-state index is 12.4. The molecule has 592 valence electrons. The zero-order valence-corrected chi connectivity index (χ0v) is 64.4. The van der Waals surface area contributed by atoms with Crippen LogP contribution in [-0.4, -0.2) is 235 Å². The average Bonchev–Trinajstić information content (AvgIpc) is 0.852. The van der Waals surface area contributed by atoms with Crippen LogP contribution in [0.25, 0.3) is 0 Å². The number of aliphatic hydroxyl groups excluding tert-OH is 7. The number of nitrogens with one attached hydrogen (secondary N) is 6. The number of nitrogens with zero attached hydrogens (tertiary/aromatic N) is 3. The summed E-state index contributed by atoms with van der Waals surface area (Å²) in [5.41, 5.74) is 0. The van der Waals surface area contributed by atoms with Gasteiger partial charge in [-0.05, 0) is 130 Å². The topological polar surface area (TPSA) is 363 Å². The van der Waals surface area contributed by atoms with Gasteiger partial charge in [0, 0.05) is 45.7 Å². The Morgan fingerprint density at radius 1 is 0.347 bits per heavy atom. The van der Waals surface area contributed by atoms with E-state index in [0.29, 0.717) is 71.5 Å². The van der Waals surface area contributed by atoms with E-state index in [1.165, 1.54) is 122 Å². The van der Waals surface area contributed by atoms with E-state index in [0.717, 1.165) is 103 Å². The van der Waals surface area contributed by atoms with Crippen molar-refractivity contribution in [3.05, 3.63) is 0 Å². The largest absolute Gasteiger partial charge is 0.481 e. The number of carboxylic acid groups (broad SMARTS) is 1. The molecule has 0 spiro atoms. The van der Waals surface area contributed by atoms with Crippen molar-refractivity contribution in [2.24, 2.45) is 5.92 Å². The van der Waals surface area contributed by atoms with E-state index < -0.39 is 79.3 Å². The lowest BCUT2D eigenvalue weighted by Crippen LogP contribution is -2.63. The second-order valence-corrected chi connectivity index (χ2v) is 29.9. The molecule has 13 atom stereocenters. The minimum Gasteiger partial charge on any atom is -0.481 e. The summed E-state index contributed by atoms with van der Waals surface area (Å²) in [4.78, 5) is 90.0. The number of carbonyl (C=O) groups is 7. The van der Waals surface area contributed by atoms with Crippen LogP contribution >= 0.6 is 0 Å². The smallest absolute Gasteiger partial charge is 0.303 e. The molecule has 13 unspecified atom stereocenters. The van der Waals surface area contributed by atoms with Gasteiger partial charge in [-0.25, -0.2) is 0 Å². The van der Waals surface area contributed by atoms with Crippen LogP contribution in [0.2, 0.25) is 0 Å². The summed E-state index contributed by atoms with van der Waals surface area (Å²) < 4.78 is 0. The second-order valence-electron chi connectivity index (χ2n) is 29.9. The quantitative estimate of drug-likeness (QED) is 0.0256. The summed E-state index contributed by atoms with van der Waals surface area (Å²) in [5.74, 6) is -2.28. The molecule has 0 aliphatic carbocycles. The number of piperazine rings is 3. The maximum absolute atomic E-state index is 12.4. The van der Waals surface area contributed by atoms with Crippen molar-refractivity contribution >= 4 is 41.4 Å². The average molecular weight is 1440 g/mol. The minimum atomic E-state index is -1.00. The molecule has 24 heteroatoms. The van der Waals surface area contributed by atoms with Crippen molar-refractivity contribution in [1.29, 1.82) is 0 Å². The molecule has 0 bridgehead atoms. The first-order chi connectivity index (χ1) is 48.4. The van der Waals surface area contributed by atoms with E-state index in [9.17, 15) is 64.2 Å². The maximum Gasteiger partial charge on any atom is 0.303 e. The predicted octanol–water partition coefficient (Wildman–Crippen LogP) is 8.05. The summed E-state index contributed by atoms with van der Waals surface area (Å²) >= 11 is 0. The molecule has 0 aromatic carbocycles. The van der Waals surface area contributed by atoms with Gasteiger partial charge >= 0.3 is 5.97 Å². The monoisotopic (exact) mass is 1440 g/mol. The summed E-state index contributed by atoms with van der Waals surface area (Å²) in [6.07, 6.45) is 36.6. The molecule has 0 aromatic heterocycles. The highest BCUT2D eigenvalue weighted by Gasteiger charge is 2.37. The van der Waals surface area contributed by atoms with Gasteiger partial charge in [-0.15, -0.1) is 0 Å². The Hall–Kier alpha value is -4.11. The first-order valence-corrected chi connectivity index (χ1v) is 40.3. The Kier molecular flexibility index (Phi) is 56.4. The molecule has 6 amide bonds. The Morgan fingerprint density at radius 3 is 0.901 bits per heavy atom. The summed E-state index contributed by atoms with van der Waals surface area (Å²) in [6.45, 7) is 20.9. The van der Waals surface area contributed by atoms with E-state index in [-0.39, 0.29) is 60.3 Å². The van der Waals surface area contributed by atoms with Crippen LogP contribution in [0.1, 0.15) is 306 Å². The van der Waals surface area contributed by atoms with Crippen LogP contribution in [0.15, 0.2) is 0 Å². The first kappa shape index (κ1) is 94.9. The molecule has 3 rings (SSSR count). The highest BCUT2D eigenvalue weighted by molar-refractivity contribution is 5.98. The number of hydrogen-bond donors (Lipinski definition) is 14. The van der Waals surface area contributed by atoms with Gasteiger partial charge in [0.2, 0.25) is 35.4 Å². The lowest BCUT2D eigenvalue weighted by Gasteiger charge is -2.32. The van der Waals surface area contributed by atoms with Gasteiger partial charge in [-0.2, -0.15) is 0 Å². The summed E-state index contributed by atoms with van der Waals surface area (Å²) in [5, 5.41) is 95.0. The Labute approximate surface area is 610 Å². The Balaban J connectivity index is 0.000000758. The van der Waals surface area contributed by atoms with Crippen molar-refractivity contribution in [3.63, 3.8) is 0 Å². The van der Waals surface area contributed by atoms with E-state index in [4.69, 9.17) is 10.2 Å². The third-order valence-corrected chi connectivity index (χ3v) is 19.6. The standard InChI is InChI=1S/C27H53N3O4.C26H49N3O6.C24H47N3O5/c1-5-7-8-9-10-11-12-13-16-23(32)20-30(19-22(4)31)18-15-14-17-24-26(33)29-25(21(3)6-2)27(34)28-24;1-3-4-5-6-7-8-9-10-13-21(31)19-29(18-20(2)30)17-12-11-14-22-25(34)28-23(26(35)27-22)15-16-24(32)33;1-3-4-5-6-7-8-9-10-13-20(30)17-27(16-19(2)29)15-12-11-14-21-23(31)26-22(18-28)24(32)25-21/h21-25,31-32H,5-20H2,1-4H3,(H,28,34)(H,29,33);20-23,30-31H,3-19H2,1-2H3,(H,27,35)(H,28,34)(H,32,33);19-22,28-30H,3-18H2,1-2H3,(H,25,32)(H,26,31). The number of carbonyl (C=O) groups excluding carboxylic acids is 6. The molecule has 3 fully saturated rings. The van der Waals surface area contributed by atoms with Gasteiger partial charge < -0.3 is 72.8 Å². The van der Waals surface area contributed by atoms with Crippen LogP contribution in [0.5, 0.6) is 0 Å². The highest BCUT2D eigenvalue weighted by atomic mass is 16.4. The highest BCUT2D eigenvalue weighted by Crippen LogP contribution is 2.19. The Bertz CT molecular complexity index is 2150. The van der Waals surface area contributed by atoms with Gasteiger partial charge in [0.25, 0.3) is 0 Å². The molecule has 0 saturated carbocycles. The Morgan fingerprint density at radius 2 is 0.614 bits per heavy atom. The van der Waals surface area contributed by atoms with Crippen LogP contribution in [0.3, 0.4) is 0 Å². The SMILES string of the molecule is CCCCCCCCCCC(O)CN(CCCCC1NC(=O)C(C(C)CC)NC1=O)CC(C)O.CCCCCCCCCCC(O)CN(CCCCC1NC(=O)C(CCC(=O)O)NC1=O)CC(C)O.CCCCCCCCCCC(O)CN(CCCCC1NC(=O)C(CO)NC1=O)CC(C)O. The molecule has 3 saturated heterocycles.